The molecular formula is C25H30O7. The van der Waals surface area contributed by atoms with Gasteiger partial charge in [0.1, 0.15) is 12.2 Å². The van der Waals surface area contributed by atoms with Crippen molar-refractivity contribution in [3.8, 4) is 0 Å². The Balaban J connectivity index is 1.40. The van der Waals surface area contributed by atoms with Gasteiger partial charge in [-0.2, -0.15) is 0 Å². The second-order valence-electron chi connectivity index (χ2n) is 8.31. The summed E-state index contributed by atoms with van der Waals surface area (Å²) in [6, 6.07) is 19.3. The highest BCUT2D eigenvalue weighted by Gasteiger charge is 2.52. The fourth-order valence-corrected chi connectivity index (χ4v) is 4.18. The third kappa shape index (κ3) is 5.09. The minimum Gasteiger partial charge on any atom is -0.392 e. The maximum atomic E-state index is 13.4. The van der Waals surface area contributed by atoms with Crippen LogP contribution < -0.4 is 0 Å². The van der Waals surface area contributed by atoms with Gasteiger partial charge < -0.3 is 28.8 Å². The first-order valence-corrected chi connectivity index (χ1v) is 10.9. The van der Waals surface area contributed by atoms with Crippen molar-refractivity contribution in [1.29, 1.82) is 0 Å². The van der Waals surface area contributed by atoms with Crippen molar-refractivity contribution >= 4 is 5.78 Å². The molecule has 0 spiro atoms. The molecule has 0 bridgehead atoms. The van der Waals surface area contributed by atoms with E-state index in [1.165, 1.54) is 7.11 Å². The predicted octanol–water partition coefficient (Wildman–Crippen LogP) is 2.87. The second-order valence-corrected chi connectivity index (χ2v) is 8.31. The van der Waals surface area contributed by atoms with E-state index in [0.717, 1.165) is 11.1 Å². The highest BCUT2D eigenvalue weighted by molar-refractivity contribution is 5.87. The van der Waals surface area contributed by atoms with Gasteiger partial charge in [0.2, 0.25) is 0 Å². The molecule has 2 fully saturated rings. The summed E-state index contributed by atoms with van der Waals surface area (Å²) < 4.78 is 28.9. The summed E-state index contributed by atoms with van der Waals surface area (Å²) >= 11 is 0. The van der Waals surface area contributed by atoms with Crippen LogP contribution in [0.3, 0.4) is 0 Å². The van der Waals surface area contributed by atoms with Gasteiger partial charge in [-0.1, -0.05) is 67.6 Å². The number of Topliss-reactive ketones (excluding diaryl/α,β-unsaturated/α-hetero) is 1. The Kier molecular flexibility index (Phi) is 7.67. The lowest BCUT2D eigenvalue weighted by Crippen LogP contribution is -2.60. The molecule has 32 heavy (non-hydrogen) atoms. The van der Waals surface area contributed by atoms with Crippen LogP contribution in [0, 0.1) is 11.8 Å². The number of fused-ring (bicyclic) bond motifs is 1. The van der Waals surface area contributed by atoms with Crippen LogP contribution in [0.5, 0.6) is 0 Å². The van der Waals surface area contributed by atoms with Gasteiger partial charge in [-0.05, 0) is 5.56 Å². The molecule has 1 N–H and O–H groups in total. The highest BCUT2D eigenvalue weighted by atomic mass is 16.7. The van der Waals surface area contributed by atoms with Crippen LogP contribution in [0.15, 0.2) is 60.7 Å². The zero-order valence-electron chi connectivity index (χ0n) is 18.3. The molecule has 0 radical (unpaired) electrons. The van der Waals surface area contributed by atoms with Crippen molar-refractivity contribution in [2.24, 2.45) is 11.8 Å². The number of ketones is 1. The van der Waals surface area contributed by atoms with Gasteiger partial charge in [-0.15, -0.1) is 0 Å². The van der Waals surface area contributed by atoms with Crippen LogP contribution in [-0.4, -0.2) is 55.8 Å². The minimum absolute atomic E-state index is 0.203. The van der Waals surface area contributed by atoms with Gasteiger partial charge in [0.15, 0.2) is 18.4 Å². The van der Waals surface area contributed by atoms with E-state index in [2.05, 4.69) is 0 Å². The molecule has 2 saturated heterocycles. The molecule has 0 unspecified atom stereocenters. The summed E-state index contributed by atoms with van der Waals surface area (Å²) in [6.07, 6.45) is -3.96. The average molecular weight is 443 g/mol. The number of hydrogen-bond donors (Lipinski definition) is 1. The number of hydrogen-bond acceptors (Lipinski definition) is 7. The highest BCUT2D eigenvalue weighted by Crippen LogP contribution is 2.36. The quantitative estimate of drug-likeness (QED) is 0.673. The monoisotopic (exact) mass is 442 g/mol. The van der Waals surface area contributed by atoms with Gasteiger partial charge in [0, 0.05) is 18.6 Å². The number of ether oxygens (including phenoxy) is 5. The normalized spacial score (nSPS) is 29.8. The molecular weight excluding hydrogens is 412 g/mol. The maximum absolute atomic E-state index is 13.4. The topological polar surface area (TPSA) is 83.5 Å². The molecule has 0 aromatic heterocycles. The third-order valence-electron chi connectivity index (χ3n) is 5.98. The Morgan fingerprint density at radius 1 is 1.06 bits per heavy atom. The molecule has 0 aliphatic carbocycles. The van der Waals surface area contributed by atoms with Crippen molar-refractivity contribution in [1.82, 2.24) is 0 Å². The number of carbonyl (C=O) groups is 1. The number of methoxy groups -OCH3 is 1. The smallest absolute Gasteiger partial charge is 0.184 e. The van der Waals surface area contributed by atoms with Crippen molar-refractivity contribution in [2.45, 2.75) is 44.4 Å². The summed E-state index contributed by atoms with van der Waals surface area (Å²) in [5.74, 6) is -1.43. The summed E-state index contributed by atoms with van der Waals surface area (Å²) in [5, 5.41) is 11.0. The number of carbonyl (C=O) groups excluding carboxylic acids is 1. The van der Waals surface area contributed by atoms with E-state index in [9.17, 15) is 9.90 Å². The molecule has 2 aliphatic rings. The van der Waals surface area contributed by atoms with Gasteiger partial charge >= 0.3 is 0 Å². The van der Waals surface area contributed by atoms with Gasteiger partial charge in [0.05, 0.1) is 31.8 Å². The van der Waals surface area contributed by atoms with Crippen LogP contribution in [0.4, 0.5) is 0 Å². The lowest BCUT2D eigenvalue weighted by molar-refractivity contribution is -0.314. The Labute approximate surface area is 188 Å². The number of rotatable bonds is 8. The summed E-state index contributed by atoms with van der Waals surface area (Å²) in [6.45, 7) is 2.78. The lowest BCUT2D eigenvalue weighted by Gasteiger charge is -2.45. The van der Waals surface area contributed by atoms with Crippen molar-refractivity contribution < 1.29 is 33.6 Å². The Bertz CT molecular complexity index is 859. The fraction of sp³-hybridized carbons (Fsp3) is 0.480. The number of aliphatic hydroxyl groups excluding tert-OH is 1. The number of aliphatic hydroxyl groups is 1. The van der Waals surface area contributed by atoms with E-state index in [0.29, 0.717) is 13.2 Å². The van der Waals surface area contributed by atoms with Crippen LogP contribution in [0.2, 0.25) is 0 Å². The van der Waals surface area contributed by atoms with E-state index in [4.69, 9.17) is 23.7 Å². The SMILES string of the molecule is CO[C@H]1O[C@@H]2CO[C@@H](c3ccccc3)O[C@H]2C(=O)[C@@H]1[C@H](O)[C@@H](C)COCc1ccccc1. The molecule has 7 atom stereocenters. The molecule has 2 heterocycles. The molecule has 172 valence electrons. The Morgan fingerprint density at radius 2 is 1.75 bits per heavy atom. The molecule has 2 aromatic carbocycles. The Morgan fingerprint density at radius 3 is 2.44 bits per heavy atom. The second kappa shape index (κ2) is 10.7. The molecule has 7 heteroatoms. The summed E-state index contributed by atoms with van der Waals surface area (Å²) in [7, 11) is 1.46. The van der Waals surface area contributed by atoms with Crippen molar-refractivity contribution in [2.75, 3.05) is 20.3 Å². The van der Waals surface area contributed by atoms with Crippen LogP contribution >= 0.6 is 0 Å². The largest absolute Gasteiger partial charge is 0.392 e. The van der Waals surface area contributed by atoms with E-state index >= 15 is 0 Å². The fourth-order valence-electron chi connectivity index (χ4n) is 4.18. The average Bonchev–Trinajstić information content (AvgIpc) is 2.84. The number of benzene rings is 2. The molecule has 2 aliphatic heterocycles. The minimum atomic E-state index is -1.01. The molecule has 2 aromatic rings. The van der Waals surface area contributed by atoms with Crippen LogP contribution in [0.1, 0.15) is 24.3 Å². The van der Waals surface area contributed by atoms with Gasteiger partial charge in [-0.3, -0.25) is 4.79 Å². The zero-order valence-corrected chi connectivity index (χ0v) is 18.3. The molecule has 0 amide bonds. The van der Waals surface area contributed by atoms with Gasteiger partial charge in [0.25, 0.3) is 0 Å². The van der Waals surface area contributed by atoms with E-state index in [1.807, 2.05) is 67.6 Å². The first-order chi connectivity index (χ1) is 15.6. The van der Waals surface area contributed by atoms with E-state index in [1.54, 1.807) is 0 Å². The van der Waals surface area contributed by atoms with Crippen LogP contribution in [-0.2, 0) is 35.1 Å². The van der Waals surface area contributed by atoms with E-state index < -0.39 is 36.8 Å². The molecule has 7 nitrogen and oxygen atoms in total. The summed E-state index contributed by atoms with van der Waals surface area (Å²) in [4.78, 5) is 13.4. The summed E-state index contributed by atoms with van der Waals surface area (Å²) in [5.41, 5.74) is 1.87. The Hall–Kier alpha value is -2.13. The maximum Gasteiger partial charge on any atom is 0.184 e. The third-order valence-corrected chi connectivity index (χ3v) is 5.98. The lowest BCUT2D eigenvalue weighted by atomic mass is 9.83. The first kappa shape index (κ1) is 23.0. The van der Waals surface area contributed by atoms with Gasteiger partial charge in [-0.25, -0.2) is 0 Å². The molecule has 4 rings (SSSR count). The van der Waals surface area contributed by atoms with Crippen molar-refractivity contribution in [3.63, 3.8) is 0 Å². The van der Waals surface area contributed by atoms with Crippen LogP contribution in [0.25, 0.3) is 0 Å². The zero-order chi connectivity index (χ0) is 22.5. The molecule has 0 saturated carbocycles. The van der Waals surface area contributed by atoms with E-state index in [-0.39, 0.29) is 18.3 Å². The first-order valence-electron chi connectivity index (χ1n) is 10.9. The standard InChI is InChI=1S/C25H30O7/c1-16(13-29-14-17-9-5-3-6-10-17)21(26)20-22(27)23-19(31-25(20)28-2)15-30-24(32-23)18-11-7-4-8-12-18/h3-12,16,19-21,23-26H,13-15H2,1-2H3/t16-,19+,20-,21+,23+,24+,25-/m0/s1. The predicted molar refractivity (Wildman–Crippen MR) is 115 cm³/mol. The van der Waals surface area contributed by atoms with Crippen molar-refractivity contribution in [3.05, 3.63) is 71.8 Å².